The molecule has 154 valence electrons. The third-order valence-electron chi connectivity index (χ3n) is 6.76. The second-order valence-electron chi connectivity index (χ2n) is 9.11. The molecule has 27 heavy (non-hydrogen) atoms. The van der Waals surface area contributed by atoms with E-state index >= 15 is 0 Å². The Morgan fingerprint density at radius 1 is 1.30 bits per heavy atom. The third kappa shape index (κ3) is 3.14. The molecule has 0 bridgehead atoms. The highest BCUT2D eigenvalue weighted by Crippen LogP contribution is 2.65. The lowest BCUT2D eigenvalue weighted by molar-refractivity contribution is -0.201. The molecule has 7 nitrogen and oxygen atoms in total. The van der Waals surface area contributed by atoms with Crippen molar-refractivity contribution in [2.75, 3.05) is 6.26 Å². The number of hydrogen-bond acceptors (Lipinski definition) is 7. The van der Waals surface area contributed by atoms with Crippen LogP contribution in [0.25, 0.3) is 0 Å². The Kier molecular flexibility index (Phi) is 4.82. The van der Waals surface area contributed by atoms with Crippen LogP contribution in [0.5, 0.6) is 0 Å². The van der Waals surface area contributed by atoms with Crippen LogP contribution in [0.4, 0.5) is 0 Å². The van der Waals surface area contributed by atoms with E-state index in [2.05, 4.69) is 13.8 Å². The number of carbonyl (C=O) groups excluding carboxylic acids is 1. The van der Waals surface area contributed by atoms with Crippen molar-refractivity contribution >= 4 is 16.1 Å². The molecule has 0 spiro atoms. The number of fused-ring (bicyclic) bond motifs is 3. The van der Waals surface area contributed by atoms with E-state index in [4.69, 9.17) is 13.7 Å². The first-order valence-corrected chi connectivity index (χ1v) is 11.2. The Balaban J connectivity index is 2.18. The van der Waals surface area contributed by atoms with Gasteiger partial charge in [0, 0.05) is 23.8 Å². The van der Waals surface area contributed by atoms with E-state index in [9.17, 15) is 18.3 Å². The van der Waals surface area contributed by atoms with Crippen molar-refractivity contribution in [2.45, 2.75) is 78.0 Å². The molecule has 2 aliphatic carbocycles. The summed E-state index contributed by atoms with van der Waals surface area (Å²) in [4.78, 5) is 11.8. The van der Waals surface area contributed by atoms with Gasteiger partial charge in [0.15, 0.2) is 0 Å². The fourth-order valence-corrected chi connectivity index (χ4v) is 6.36. The van der Waals surface area contributed by atoms with E-state index in [1.54, 1.807) is 13.0 Å². The van der Waals surface area contributed by atoms with E-state index in [1.165, 1.54) is 6.92 Å². The molecule has 1 N–H and O–H groups in total. The average Bonchev–Trinajstić information content (AvgIpc) is 2.69. The van der Waals surface area contributed by atoms with Crippen LogP contribution < -0.4 is 0 Å². The summed E-state index contributed by atoms with van der Waals surface area (Å²) in [6.45, 7) is 9.32. The summed E-state index contributed by atoms with van der Waals surface area (Å²) in [5.41, 5.74) is -1.90. The second-order valence-corrected chi connectivity index (χ2v) is 10.7. The van der Waals surface area contributed by atoms with Crippen LogP contribution in [0.3, 0.4) is 0 Å². The zero-order valence-electron chi connectivity index (χ0n) is 16.8. The number of hydrogen-bond donors (Lipinski definition) is 1. The number of aliphatic hydroxyl groups is 1. The summed E-state index contributed by atoms with van der Waals surface area (Å²) in [7, 11) is -3.81. The monoisotopic (exact) mass is 402 g/mol. The number of ether oxygens (including phenoxy) is 2. The minimum absolute atomic E-state index is 0.139. The standard InChI is InChI=1S/C19H30O7S/c1-11-19(21)13(16(24-11)26-27(6,22)23)10-14(25-12(2)20)15-17(3,4)8-7-9-18(15,19)5/h10-11,14-16,21H,7-9H2,1-6H3/t11-,14+,15?,16-,18-,19-/m0/s1. The lowest BCUT2D eigenvalue weighted by Gasteiger charge is -2.61. The Bertz CT molecular complexity index is 771. The Hall–Kier alpha value is -0.960. The lowest BCUT2D eigenvalue weighted by atomic mass is 9.45. The van der Waals surface area contributed by atoms with Crippen molar-refractivity contribution in [3.63, 3.8) is 0 Å². The van der Waals surface area contributed by atoms with Crippen molar-refractivity contribution in [3.05, 3.63) is 11.6 Å². The maximum absolute atomic E-state index is 11.9. The largest absolute Gasteiger partial charge is 0.458 e. The quantitative estimate of drug-likeness (QED) is 0.439. The SMILES string of the molecule is CC(=O)O[C@@H]1C=C2[C@H](OS(C)(=O)=O)O[C@@H](C)[C@@]2(O)[C@@]2(C)CCCC(C)(C)C12. The molecule has 0 amide bonds. The van der Waals surface area contributed by atoms with E-state index < -0.39 is 45.6 Å². The fraction of sp³-hybridized carbons (Fsp3) is 0.842. The van der Waals surface area contributed by atoms with Crippen LogP contribution in [0.2, 0.25) is 0 Å². The molecule has 0 radical (unpaired) electrons. The number of carbonyl (C=O) groups is 1. The van der Waals surface area contributed by atoms with Crippen LogP contribution >= 0.6 is 0 Å². The van der Waals surface area contributed by atoms with Crippen LogP contribution in [0.1, 0.15) is 53.9 Å². The Labute approximate surface area is 161 Å². The summed E-state index contributed by atoms with van der Waals surface area (Å²) in [6.07, 6.45) is 2.70. The van der Waals surface area contributed by atoms with E-state index in [-0.39, 0.29) is 11.3 Å². The van der Waals surface area contributed by atoms with Gasteiger partial charge in [0.2, 0.25) is 6.29 Å². The first-order valence-electron chi connectivity index (χ1n) is 9.38. The maximum Gasteiger partial charge on any atom is 0.303 e. The lowest BCUT2D eigenvalue weighted by Crippen LogP contribution is -2.65. The molecular weight excluding hydrogens is 372 g/mol. The van der Waals surface area contributed by atoms with Crippen molar-refractivity contribution in [2.24, 2.45) is 16.7 Å². The minimum atomic E-state index is -3.81. The first-order chi connectivity index (χ1) is 12.2. The van der Waals surface area contributed by atoms with Crippen LogP contribution in [0, 0.1) is 16.7 Å². The Morgan fingerprint density at radius 2 is 1.93 bits per heavy atom. The molecule has 1 unspecified atom stereocenters. The van der Waals surface area contributed by atoms with Gasteiger partial charge in [0.25, 0.3) is 10.1 Å². The normalized spacial score (nSPS) is 43.4. The summed E-state index contributed by atoms with van der Waals surface area (Å²) < 4.78 is 39.9. The van der Waals surface area contributed by atoms with Crippen LogP contribution in [0.15, 0.2) is 11.6 Å². The van der Waals surface area contributed by atoms with Crippen LogP contribution in [-0.4, -0.2) is 49.8 Å². The predicted octanol–water partition coefficient (Wildman–Crippen LogP) is 2.14. The molecule has 6 atom stereocenters. The van der Waals surface area contributed by atoms with Gasteiger partial charge in [-0.15, -0.1) is 0 Å². The molecule has 2 fully saturated rings. The predicted molar refractivity (Wildman–Crippen MR) is 98.1 cm³/mol. The number of esters is 1. The minimum Gasteiger partial charge on any atom is -0.458 e. The highest BCUT2D eigenvalue weighted by atomic mass is 32.2. The van der Waals surface area contributed by atoms with Gasteiger partial charge in [-0.3, -0.25) is 4.79 Å². The molecule has 0 aromatic carbocycles. The molecular formula is C19H30O7S. The third-order valence-corrected chi connectivity index (χ3v) is 7.29. The van der Waals surface area contributed by atoms with Gasteiger partial charge < -0.3 is 14.6 Å². The van der Waals surface area contributed by atoms with Gasteiger partial charge in [0.05, 0.1) is 12.4 Å². The average molecular weight is 403 g/mol. The van der Waals surface area contributed by atoms with Gasteiger partial charge in [0.1, 0.15) is 11.7 Å². The van der Waals surface area contributed by atoms with Gasteiger partial charge in [-0.25, -0.2) is 4.18 Å². The highest BCUT2D eigenvalue weighted by Gasteiger charge is 2.69. The first kappa shape index (κ1) is 20.8. The molecule has 0 aromatic heterocycles. The topological polar surface area (TPSA) is 99.1 Å². The highest BCUT2D eigenvalue weighted by molar-refractivity contribution is 7.86. The van der Waals surface area contributed by atoms with Gasteiger partial charge in [-0.2, -0.15) is 8.42 Å². The zero-order valence-corrected chi connectivity index (χ0v) is 17.6. The summed E-state index contributed by atoms with van der Waals surface area (Å²) in [5, 5.41) is 11.9. The fourth-order valence-electron chi connectivity index (χ4n) is 5.89. The van der Waals surface area contributed by atoms with Gasteiger partial charge in [-0.05, 0) is 31.3 Å². The van der Waals surface area contributed by atoms with Crippen molar-refractivity contribution in [3.8, 4) is 0 Å². The van der Waals surface area contributed by atoms with Gasteiger partial charge >= 0.3 is 5.97 Å². The molecule has 1 heterocycles. The van der Waals surface area contributed by atoms with E-state index in [0.29, 0.717) is 12.0 Å². The maximum atomic E-state index is 11.9. The molecule has 1 aliphatic heterocycles. The van der Waals surface area contributed by atoms with Crippen molar-refractivity contribution < 1.29 is 32.0 Å². The second kappa shape index (κ2) is 6.27. The molecule has 3 aliphatic rings. The molecule has 0 aromatic rings. The zero-order chi connectivity index (χ0) is 20.4. The summed E-state index contributed by atoms with van der Waals surface area (Å²) in [5.74, 6) is -0.557. The molecule has 8 heteroatoms. The summed E-state index contributed by atoms with van der Waals surface area (Å²) >= 11 is 0. The summed E-state index contributed by atoms with van der Waals surface area (Å²) in [6, 6.07) is 0. The van der Waals surface area contributed by atoms with Crippen molar-refractivity contribution in [1.29, 1.82) is 0 Å². The van der Waals surface area contributed by atoms with E-state index in [0.717, 1.165) is 19.1 Å². The smallest absolute Gasteiger partial charge is 0.303 e. The number of rotatable bonds is 3. The molecule has 1 saturated carbocycles. The molecule has 3 rings (SSSR count). The Morgan fingerprint density at radius 3 is 2.48 bits per heavy atom. The van der Waals surface area contributed by atoms with E-state index in [1.807, 2.05) is 6.92 Å². The van der Waals surface area contributed by atoms with Gasteiger partial charge in [-0.1, -0.05) is 27.2 Å². The van der Waals surface area contributed by atoms with Crippen molar-refractivity contribution in [1.82, 2.24) is 0 Å². The molecule has 1 saturated heterocycles. The van der Waals surface area contributed by atoms with Crippen LogP contribution in [-0.2, 0) is 28.6 Å².